The summed E-state index contributed by atoms with van der Waals surface area (Å²) in [5.41, 5.74) is 0. The van der Waals surface area contributed by atoms with Crippen LogP contribution >= 0.6 is 11.6 Å². The quantitative estimate of drug-likeness (QED) is 0.876. The second-order valence-corrected chi connectivity index (χ2v) is 5.78. The minimum atomic E-state index is -3.63. The summed E-state index contributed by atoms with van der Waals surface area (Å²) in [5.74, 6) is 0.542. The number of halogens is 1. The lowest BCUT2D eigenvalue weighted by molar-refractivity contribution is 0.459. The Morgan fingerprint density at radius 2 is 2.17 bits per heavy atom. The molecule has 0 saturated carbocycles. The van der Waals surface area contributed by atoms with Crippen LogP contribution in [-0.2, 0) is 10.0 Å². The van der Waals surface area contributed by atoms with E-state index >= 15 is 0 Å². The third kappa shape index (κ3) is 2.90. The summed E-state index contributed by atoms with van der Waals surface area (Å²) < 4.78 is 31.6. The van der Waals surface area contributed by atoms with E-state index in [0.29, 0.717) is 5.76 Å². The van der Waals surface area contributed by atoms with E-state index in [0.717, 1.165) is 0 Å². The van der Waals surface area contributed by atoms with E-state index in [9.17, 15) is 8.42 Å². The van der Waals surface area contributed by atoms with Gasteiger partial charge in [0.25, 0.3) is 0 Å². The molecule has 0 radical (unpaired) electrons. The fourth-order valence-electron chi connectivity index (χ4n) is 1.42. The topological polar surface area (TPSA) is 72.2 Å². The molecule has 0 aromatic carbocycles. The van der Waals surface area contributed by atoms with Gasteiger partial charge in [-0.1, -0.05) is 11.6 Å². The van der Waals surface area contributed by atoms with Crippen molar-refractivity contribution in [2.75, 3.05) is 0 Å². The largest absolute Gasteiger partial charge is 0.468 e. The third-order valence-corrected chi connectivity index (χ3v) is 4.06. The standard InChI is InChI=1S/C11H11ClN2O3S/c1-8(10-3-2-6-17-10)14-18(15,16)9-4-5-11(12)13-7-9/h2-8,14H,1H3. The molecule has 2 aromatic heterocycles. The first-order chi connectivity index (χ1) is 8.49. The Morgan fingerprint density at radius 3 is 2.72 bits per heavy atom. The summed E-state index contributed by atoms with van der Waals surface area (Å²) in [6, 6.07) is 5.76. The molecular formula is C11H11ClN2O3S. The van der Waals surface area contributed by atoms with Crippen LogP contribution in [-0.4, -0.2) is 13.4 Å². The number of rotatable bonds is 4. The summed E-state index contributed by atoms with van der Waals surface area (Å²) in [6.45, 7) is 1.69. The number of nitrogens with one attached hydrogen (secondary N) is 1. The second kappa shape index (κ2) is 5.09. The van der Waals surface area contributed by atoms with Gasteiger partial charge >= 0.3 is 0 Å². The molecule has 18 heavy (non-hydrogen) atoms. The first kappa shape index (κ1) is 13.1. The smallest absolute Gasteiger partial charge is 0.242 e. The van der Waals surface area contributed by atoms with Gasteiger partial charge in [-0.2, -0.15) is 0 Å². The van der Waals surface area contributed by atoms with Crippen molar-refractivity contribution in [3.63, 3.8) is 0 Å². The van der Waals surface area contributed by atoms with E-state index in [1.165, 1.54) is 24.6 Å². The number of nitrogens with zero attached hydrogens (tertiary/aromatic N) is 1. The molecular weight excluding hydrogens is 276 g/mol. The highest BCUT2D eigenvalue weighted by molar-refractivity contribution is 7.89. The Bertz CT molecular complexity index is 608. The monoisotopic (exact) mass is 286 g/mol. The minimum Gasteiger partial charge on any atom is -0.468 e. The van der Waals surface area contributed by atoms with Crippen molar-refractivity contribution in [2.45, 2.75) is 17.9 Å². The lowest BCUT2D eigenvalue weighted by Gasteiger charge is -2.11. The molecule has 2 aromatic rings. The van der Waals surface area contributed by atoms with Crippen LogP contribution in [0.25, 0.3) is 0 Å². The van der Waals surface area contributed by atoms with Crippen molar-refractivity contribution in [2.24, 2.45) is 0 Å². The number of sulfonamides is 1. The normalized spacial score (nSPS) is 13.4. The van der Waals surface area contributed by atoms with Gasteiger partial charge in [-0.3, -0.25) is 0 Å². The molecule has 2 rings (SSSR count). The summed E-state index contributed by atoms with van der Waals surface area (Å²) in [5, 5.41) is 0.244. The Kier molecular flexibility index (Phi) is 3.70. The SMILES string of the molecule is CC(NS(=O)(=O)c1ccc(Cl)nc1)c1ccco1. The van der Waals surface area contributed by atoms with Crippen molar-refractivity contribution in [1.82, 2.24) is 9.71 Å². The highest BCUT2D eigenvalue weighted by atomic mass is 35.5. The van der Waals surface area contributed by atoms with E-state index in [1.807, 2.05) is 0 Å². The van der Waals surface area contributed by atoms with Crippen molar-refractivity contribution in [1.29, 1.82) is 0 Å². The van der Waals surface area contributed by atoms with Gasteiger partial charge in [0, 0.05) is 6.20 Å². The Morgan fingerprint density at radius 1 is 1.39 bits per heavy atom. The molecule has 5 nitrogen and oxygen atoms in total. The summed E-state index contributed by atoms with van der Waals surface area (Å²) in [7, 11) is -3.63. The maximum Gasteiger partial charge on any atom is 0.242 e. The van der Waals surface area contributed by atoms with E-state index in [1.54, 1.807) is 19.1 Å². The number of aromatic nitrogens is 1. The first-order valence-corrected chi connectivity index (χ1v) is 7.02. The Labute approximate surface area is 110 Å². The molecule has 0 amide bonds. The van der Waals surface area contributed by atoms with Crippen LogP contribution in [0.5, 0.6) is 0 Å². The van der Waals surface area contributed by atoms with Gasteiger partial charge in [0.15, 0.2) is 0 Å². The van der Waals surface area contributed by atoms with E-state index in [4.69, 9.17) is 16.0 Å². The zero-order valence-corrected chi connectivity index (χ0v) is 11.1. The molecule has 1 atom stereocenters. The van der Waals surface area contributed by atoms with Crippen molar-refractivity contribution in [3.8, 4) is 0 Å². The van der Waals surface area contributed by atoms with Gasteiger partial charge in [-0.25, -0.2) is 18.1 Å². The average Bonchev–Trinajstić information content (AvgIpc) is 2.82. The summed E-state index contributed by atoms with van der Waals surface area (Å²) in [4.78, 5) is 3.80. The molecule has 1 N–H and O–H groups in total. The predicted molar refractivity (Wildman–Crippen MR) is 66.7 cm³/mol. The lowest BCUT2D eigenvalue weighted by Crippen LogP contribution is -2.26. The van der Waals surface area contributed by atoms with Gasteiger partial charge in [-0.05, 0) is 31.2 Å². The molecule has 0 aliphatic carbocycles. The van der Waals surface area contributed by atoms with E-state index < -0.39 is 16.1 Å². The van der Waals surface area contributed by atoms with Gasteiger partial charge < -0.3 is 4.42 Å². The predicted octanol–water partition coefficient (Wildman–Crippen LogP) is 2.37. The second-order valence-electron chi connectivity index (χ2n) is 3.68. The molecule has 0 fully saturated rings. The molecule has 0 spiro atoms. The summed E-state index contributed by atoms with van der Waals surface area (Å²) >= 11 is 5.61. The third-order valence-electron chi connectivity index (χ3n) is 2.31. The maximum atomic E-state index is 12.0. The van der Waals surface area contributed by atoms with Crippen molar-refractivity contribution >= 4 is 21.6 Å². The molecule has 7 heteroatoms. The van der Waals surface area contributed by atoms with Crippen LogP contribution in [0.4, 0.5) is 0 Å². The lowest BCUT2D eigenvalue weighted by atomic mass is 10.3. The number of furan rings is 1. The van der Waals surface area contributed by atoms with Crippen LogP contribution < -0.4 is 4.72 Å². The molecule has 0 aliphatic rings. The van der Waals surface area contributed by atoms with E-state index in [2.05, 4.69) is 9.71 Å². The molecule has 2 heterocycles. The van der Waals surface area contributed by atoms with Crippen molar-refractivity contribution in [3.05, 3.63) is 47.6 Å². The fourth-order valence-corrected chi connectivity index (χ4v) is 2.69. The van der Waals surface area contributed by atoms with Crippen LogP contribution in [0.15, 0.2) is 46.0 Å². The number of pyridine rings is 1. The molecule has 96 valence electrons. The van der Waals surface area contributed by atoms with Gasteiger partial charge in [0.2, 0.25) is 10.0 Å². The van der Waals surface area contributed by atoms with Crippen LogP contribution in [0.3, 0.4) is 0 Å². The van der Waals surface area contributed by atoms with Gasteiger partial charge in [-0.15, -0.1) is 0 Å². The molecule has 0 saturated heterocycles. The number of hydrogen-bond donors (Lipinski definition) is 1. The molecule has 0 bridgehead atoms. The van der Waals surface area contributed by atoms with E-state index in [-0.39, 0.29) is 10.0 Å². The number of hydrogen-bond acceptors (Lipinski definition) is 4. The average molecular weight is 287 g/mol. The van der Waals surface area contributed by atoms with Crippen molar-refractivity contribution < 1.29 is 12.8 Å². The molecule has 0 aliphatic heterocycles. The summed E-state index contributed by atoms with van der Waals surface area (Å²) in [6.07, 6.45) is 2.70. The van der Waals surface area contributed by atoms with Crippen LogP contribution in [0.1, 0.15) is 18.7 Å². The Hall–Kier alpha value is -1.37. The zero-order chi connectivity index (χ0) is 13.2. The van der Waals surface area contributed by atoms with Gasteiger partial charge in [0.1, 0.15) is 15.8 Å². The highest BCUT2D eigenvalue weighted by Gasteiger charge is 2.19. The molecule has 1 unspecified atom stereocenters. The maximum absolute atomic E-state index is 12.0. The zero-order valence-electron chi connectivity index (χ0n) is 9.50. The Balaban J connectivity index is 2.20. The first-order valence-electron chi connectivity index (χ1n) is 5.16. The van der Waals surface area contributed by atoms with Gasteiger partial charge in [0.05, 0.1) is 12.3 Å². The van der Waals surface area contributed by atoms with Crippen LogP contribution in [0, 0.1) is 0 Å². The minimum absolute atomic E-state index is 0.0605. The van der Waals surface area contributed by atoms with Crippen LogP contribution in [0.2, 0.25) is 5.15 Å². The highest BCUT2D eigenvalue weighted by Crippen LogP contribution is 2.17. The fraction of sp³-hybridized carbons (Fsp3) is 0.182.